The van der Waals surface area contributed by atoms with Gasteiger partial charge in [-0.3, -0.25) is 4.79 Å². The lowest BCUT2D eigenvalue weighted by Gasteiger charge is -2.10. The van der Waals surface area contributed by atoms with Gasteiger partial charge in [-0.05, 0) is 59.5 Å². The molecule has 0 bridgehead atoms. The number of aryl methyl sites for hydroxylation is 1. The van der Waals surface area contributed by atoms with Crippen LogP contribution in [0.2, 0.25) is 0 Å². The molecule has 0 saturated heterocycles. The summed E-state index contributed by atoms with van der Waals surface area (Å²) >= 11 is 0. The van der Waals surface area contributed by atoms with Gasteiger partial charge in [-0.2, -0.15) is 0 Å². The first-order valence-corrected chi connectivity index (χ1v) is 10.4. The normalized spacial score (nSPS) is 11.2. The van der Waals surface area contributed by atoms with Crippen molar-refractivity contribution in [1.82, 2.24) is 0 Å². The number of carboxylic acids is 1. The fourth-order valence-corrected chi connectivity index (χ4v) is 4.02. The molecule has 28 heavy (non-hydrogen) atoms. The SMILES string of the molecule is Cc1ccccc1-c1cccc(CNc2ccc(S(=O)(=O)CC(=O)O)cc2)c1. The minimum atomic E-state index is -3.81. The molecule has 0 fully saturated rings. The van der Waals surface area contributed by atoms with Crippen molar-refractivity contribution in [2.24, 2.45) is 0 Å². The van der Waals surface area contributed by atoms with Crippen LogP contribution >= 0.6 is 0 Å². The molecule has 0 aliphatic rings. The van der Waals surface area contributed by atoms with Crippen LogP contribution in [-0.4, -0.2) is 25.2 Å². The predicted molar refractivity (Wildman–Crippen MR) is 110 cm³/mol. The molecule has 0 aromatic heterocycles. The Kier molecular flexibility index (Phi) is 5.80. The van der Waals surface area contributed by atoms with Crippen LogP contribution in [0, 0.1) is 6.92 Å². The Labute approximate surface area is 164 Å². The van der Waals surface area contributed by atoms with Gasteiger partial charge in [0, 0.05) is 12.2 Å². The molecule has 0 amide bonds. The van der Waals surface area contributed by atoms with Crippen LogP contribution < -0.4 is 5.32 Å². The number of benzene rings is 3. The molecule has 0 saturated carbocycles. The summed E-state index contributed by atoms with van der Waals surface area (Å²) in [6.07, 6.45) is 0. The Morgan fingerprint density at radius 2 is 1.68 bits per heavy atom. The van der Waals surface area contributed by atoms with Crippen molar-refractivity contribution >= 4 is 21.5 Å². The van der Waals surface area contributed by atoms with E-state index in [1.807, 2.05) is 24.3 Å². The molecule has 2 N–H and O–H groups in total. The monoisotopic (exact) mass is 395 g/mol. The number of rotatable bonds is 7. The van der Waals surface area contributed by atoms with Gasteiger partial charge in [-0.1, -0.05) is 42.5 Å². The predicted octanol–water partition coefficient (Wildman–Crippen LogP) is 4.13. The number of nitrogens with one attached hydrogen (secondary N) is 1. The van der Waals surface area contributed by atoms with E-state index in [4.69, 9.17) is 5.11 Å². The standard InChI is InChI=1S/C22H21NO4S/c1-16-5-2-3-8-21(16)18-7-4-6-17(13-18)14-23-19-9-11-20(12-10-19)28(26,27)15-22(24)25/h2-13,23H,14-15H2,1H3,(H,24,25). The number of carboxylic acid groups (broad SMARTS) is 1. The Bertz CT molecular complexity index is 1090. The van der Waals surface area contributed by atoms with Gasteiger partial charge in [-0.25, -0.2) is 8.42 Å². The van der Waals surface area contributed by atoms with Crippen molar-refractivity contribution < 1.29 is 18.3 Å². The van der Waals surface area contributed by atoms with Gasteiger partial charge in [0.05, 0.1) is 4.90 Å². The van der Waals surface area contributed by atoms with Gasteiger partial charge in [0.1, 0.15) is 0 Å². The lowest BCUT2D eigenvalue weighted by molar-refractivity contribution is -0.134. The largest absolute Gasteiger partial charge is 0.480 e. The molecule has 3 aromatic rings. The maximum atomic E-state index is 11.9. The number of sulfone groups is 1. The van der Waals surface area contributed by atoms with Crippen LogP contribution in [-0.2, 0) is 21.2 Å². The number of anilines is 1. The number of aliphatic carboxylic acids is 1. The highest BCUT2D eigenvalue weighted by Gasteiger charge is 2.18. The number of hydrogen-bond donors (Lipinski definition) is 2. The highest BCUT2D eigenvalue weighted by atomic mass is 32.2. The summed E-state index contributed by atoms with van der Waals surface area (Å²) in [5.74, 6) is -2.28. The summed E-state index contributed by atoms with van der Waals surface area (Å²) in [5.41, 5.74) is 5.41. The van der Waals surface area contributed by atoms with Gasteiger partial charge in [0.2, 0.25) is 0 Å². The van der Waals surface area contributed by atoms with E-state index in [0.29, 0.717) is 6.54 Å². The highest BCUT2D eigenvalue weighted by Crippen LogP contribution is 2.24. The third-order valence-corrected chi connectivity index (χ3v) is 6.02. The summed E-state index contributed by atoms with van der Waals surface area (Å²) in [6, 6.07) is 22.6. The molecule has 0 aliphatic carbocycles. The van der Waals surface area contributed by atoms with E-state index in [1.165, 1.54) is 23.3 Å². The molecule has 5 nitrogen and oxygen atoms in total. The lowest BCUT2D eigenvalue weighted by atomic mass is 9.99. The van der Waals surface area contributed by atoms with Crippen LogP contribution in [0.3, 0.4) is 0 Å². The van der Waals surface area contributed by atoms with E-state index < -0.39 is 21.6 Å². The fourth-order valence-electron chi connectivity index (χ4n) is 2.98. The summed E-state index contributed by atoms with van der Waals surface area (Å²) in [7, 11) is -3.81. The van der Waals surface area contributed by atoms with E-state index >= 15 is 0 Å². The molecule has 0 spiro atoms. The van der Waals surface area contributed by atoms with Crippen LogP contribution in [0.5, 0.6) is 0 Å². The second-order valence-electron chi connectivity index (χ2n) is 6.55. The Morgan fingerprint density at radius 1 is 0.964 bits per heavy atom. The molecule has 3 rings (SSSR count). The lowest BCUT2D eigenvalue weighted by Crippen LogP contribution is -2.15. The van der Waals surface area contributed by atoms with Crippen molar-refractivity contribution in [3.05, 3.63) is 83.9 Å². The second-order valence-corrected chi connectivity index (χ2v) is 8.54. The third kappa shape index (κ3) is 4.78. The quantitative estimate of drug-likeness (QED) is 0.628. The Hall–Kier alpha value is -3.12. The van der Waals surface area contributed by atoms with Gasteiger partial charge in [0.25, 0.3) is 0 Å². The minimum absolute atomic E-state index is 0.00185. The number of hydrogen-bond acceptors (Lipinski definition) is 4. The molecule has 0 aliphatic heterocycles. The summed E-state index contributed by atoms with van der Waals surface area (Å²) < 4.78 is 23.9. The summed E-state index contributed by atoms with van der Waals surface area (Å²) in [6.45, 7) is 2.67. The zero-order valence-corrected chi connectivity index (χ0v) is 16.2. The number of carbonyl (C=O) groups is 1. The summed E-state index contributed by atoms with van der Waals surface area (Å²) in [5, 5.41) is 12.0. The minimum Gasteiger partial charge on any atom is -0.480 e. The van der Waals surface area contributed by atoms with Gasteiger partial charge >= 0.3 is 5.97 Å². The molecular formula is C22H21NO4S. The molecule has 3 aromatic carbocycles. The van der Waals surface area contributed by atoms with Crippen molar-refractivity contribution in [2.75, 3.05) is 11.1 Å². The molecule has 0 radical (unpaired) electrons. The smallest absolute Gasteiger partial charge is 0.319 e. The van der Waals surface area contributed by atoms with E-state index in [-0.39, 0.29) is 4.90 Å². The first-order chi connectivity index (χ1) is 13.3. The zero-order chi connectivity index (χ0) is 20.1. The maximum absolute atomic E-state index is 11.9. The van der Waals surface area contributed by atoms with Crippen molar-refractivity contribution in [1.29, 1.82) is 0 Å². The average Bonchev–Trinajstić information content (AvgIpc) is 2.66. The highest BCUT2D eigenvalue weighted by molar-refractivity contribution is 7.92. The van der Waals surface area contributed by atoms with Gasteiger partial charge in [-0.15, -0.1) is 0 Å². The van der Waals surface area contributed by atoms with Crippen molar-refractivity contribution in [2.45, 2.75) is 18.4 Å². The van der Waals surface area contributed by atoms with Crippen LogP contribution in [0.25, 0.3) is 11.1 Å². The van der Waals surface area contributed by atoms with Crippen molar-refractivity contribution in [3.63, 3.8) is 0 Å². The Balaban J connectivity index is 1.70. The van der Waals surface area contributed by atoms with Crippen LogP contribution in [0.1, 0.15) is 11.1 Å². The van der Waals surface area contributed by atoms with Crippen LogP contribution in [0.4, 0.5) is 5.69 Å². The molecule has 144 valence electrons. The Morgan fingerprint density at radius 3 is 2.36 bits per heavy atom. The van der Waals surface area contributed by atoms with Crippen LogP contribution in [0.15, 0.2) is 77.7 Å². The summed E-state index contributed by atoms with van der Waals surface area (Å²) in [4.78, 5) is 10.7. The zero-order valence-electron chi connectivity index (χ0n) is 15.4. The van der Waals surface area contributed by atoms with Gasteiger partial charge in [0.15, 0.2) is 15.6 Å². The topological polar surface area (TPSA) is 83.5 Å². The van der Waals surface area contributed by atoms with E-state index in [2.05, 4.69) is 36.5 Å². The second kappa shape index (κ2) is 8.27. The maximum Gasteiger partial charge on any atom is 0.319 e. The average molecular weight is 395 g/mol. The first kappa shape index (κ1) is 19.6. The van der Waals surface area contributed by atoms with E-state index in [9.17, 15) is 13.2 Å². The molecule has 0 unspecified atom stereocenters. The van der Waals surface area contributed by atoms with E-state index in [0.717, 1.165) is 16.8 Å². The fraction of sp³-hybridized carbons (Fsp3) is 0.136. The molecular weight excluding hydrogens is 374 g/mol. The third-order valence-electron chi connectivity index (χ3n) is 4.41. The molecule has 0 atom stereocenters. The van der Waals surface area contributed by atoms with Gasteiger partial charge < -0.3 is 10.4 Å². The first-order valence-electron chi connectivity index (χ1n) is 8.78. The van der Waals surface area contributed by atoms with E-state index in [1.54, 1.807) is 12.1 Å². The molecule has 6 heteroatoms. The van der Waals surface area contributed by atoms with Crippen molar-refractivity contribution in [3.8, 4) is 11.1 Å². The molecule has 0 heterocycles.